The number of carbonyl (C=O) groups is 2. The summed E-state index contributed by atoms with van der Waals surface area (Å²) in [5.74, 6) is -0.0565. The highest BCUT2D eigenvalue weighted by Crippen LogP contribution is 2.33. The number of amides is 2. The van der Waals surface area contributed by atoms with Crippen LogP contribution in [0.25, 0.3) is 11.3 Å². The van der Waals surface area contributed by atoms with Gasteiger partial charge in [0.1, 0.15) is 17.0 Å². The number of aromatic nitrogens is 1. The second kappa shape index (κ2) is 8.38. The molecule has 2 amide bonds. The molecule has 0 saturated carbocycles. The summed E-state index contributed by atoms with van der Waals surface area (Å²) in [5, 5.41) is 10.5. The third kappa shape index (κ3) is 3.99. The molecule has 1 aromatic heterocycles. The fraction of sp³-hybridized carbons (Fsp3) is 0.190. The number of halogens is 2. The van der Waals surface area contributed by atoms with Gasteiger partial charge in [-0.15, -0.1) is 0 Å². The lowest BCUT2D eigenvalue weighted by molar-refractivity contribution is -0.120. The first-order valence-corrected chi connectivity index (χ1v) is 10.0. The van der Waals surface area contributed by atoms with Gasteiger partial charge in [0.25, 0.3) is 5.91 Å². The smallest absolute Gasteiger partial charge is 0.261 e. The molecule has 3 aromatic rings. The van der Waals surface area contributed by atoms with Crippen LogP contribution in [0, 0.1) is 6.92 Å². The van der Waals surface area contributed by atoms with Gasteiger partial charge in [-0.3, -0.25) is 9.59 Å². The van der Waals surface area contributed by atoms with Crippen molar-refractivity contribution in [1.82, 2.24) is 10.5 Å². The number of carbonyl (C=O) groups excluding carboxylic acids is 2. The summed E-state index contributed by atoms with van der Waals surface area (Å²) in [7, 11) is 0. The Hall–Kier alpha value is -3.03. The molecular weight excluding hydrogens is 427 g/mol. The molecule has 154 valence electrons. The quantitative estimate of drug-likeness (QED) is 0.630. The van der Waals surface area contributed by atoms with Crippen molar-refractivity contribution in [2.75, 3.05) is 29.9 Å². The highest BCUT2D eigenvalue weighted by atomic mass is 35.5. The molecule has 1 aliphatic heterocycles. The molecule has 7 nitrogen and oxygen atoms in total. The molecule has 9 heteroatoms. The number of hydrogen-bond acceptors (Lipinski definition) is 5. The van der Waals surface area contributed by atoms with Gasteiger partial charge in [-0.2, -0.15) is 0 Å². The van der Waals surface area contributed by atoms with Crippen molar-refractivity contribution < 1.29 is 14.1 Å². The first kappa shape index (κ1) is 20.3. The Bertz CT molecular complexity index is 1130. The van der Waals surface area contributed by atoms with Gasteiger partial charge in [0.2, 0.25) is 5.91 Å². The molecule has 0 unspecified atom stereocenters. The Morgan fingerprint density at radius 2 is 2.00 bits per heavy atom. The van der Waals surface area contributed by atoms with E-state index in [9.17, 15) is 9.59 Å². The zero-order chi connectivity index (χ0) is 21.3. The summed E-state index contributed by atoms with van der Waals surface area (Å²) in [5.41, 5.74) is 2.54. The first-order valence-electron chi connectivity index (χ1n) is 9.28. The standard InChI is InChI=1S/C21H18Cl2N4O3/c1-12-19(20(26-30-12)14-4-2-3-5-15(14)22)21(29)25-13-6-7-17(16(23)10-13)27-9-8-24-18(28)11-27/h2-7,10H,8-9,11H2,1H3,(H,24,28)(H,25,29). The molecule has 1 saturated heterocycles. The second-order valence-electron chi connectivity index (χ2n) is 6.83. The Morgan fingerprint density at radius 1 is 1.20 bits per heavy atom. The maximum atomic E-state index is 13.0. The summed E-state index contributed by atoms with van der Waals surface area (Å²) in [6.45, 7) is 3.13. The average Bonchev–Trinajstić information content (AvgIpc) is 3.10. The molecule has 4 rings (SSSR count). The number of piperazine rings is 1. The molecule has 0 bridgehead atoms. The zero-order valence-electron chi connectivity index (χ0n) is 16.0. The van der Waals surface area contributed by atoms with Crippen LogP contribution in [0.5, 0.6) is 0 Å². The van der Waals surface area contributed by atoms with Gasteiger partial charge in [0.05, 0.1) is 22.3 Å². The van der Waals surface area contributed by atoms with Crippen molar-refractivity contribution in [3.05, 3.63) is 63.8 Å². The molecule has 0 atom stereocenters. The predicted molar refractivity (Wildman–Crippen MR) is 116 cm³/mol. The molecule has 2 aromatic carbocycles. The summed E-state index contributed by atoms with van der Waals surface area (Å²) < 4.78 is 5.26. The highest BCUT2D eigenvalue weighted by Gasteiger charge is 2.24. The lowest BCUT2D eigenvalue weighted by Crippen LogP contribution is -2.47. The molecule has 0 aliphatic carbocycles. The van der Waals surface area contributed by atoms with E-state index in [0.29, 0.717) is 51.4 Å². The molecule has 30 heavy (non-hydrogen) atoms. The van der Waals surface area contributed by atoms with E-state index in [0.717, 1.165) is 5.69 Å². The van der Waals surface area contributed by atoms with Crippen molar-refractivity contribution in [3.8, 4) is 11.3 Å². The number of benzene rings is 2. The van der Waals surface area contributed by atoms with Crippen molar-refractivity contribution in [2.45, 2.75) is 6.92 Å². The van der Waals surface area contributed by atoms with Crippen LogP contribution in [-0.4, -0.2) is 36.6 Å². The molecule has 0 radical (unpaired) electrons. The van der Waals surface area contributed by atoms with E-state index < -0.39 is 0 Å². The van der Waals surface area contributed by atoms with E-state index >= 15 is 0 Å². The minimum Gasteiger partial charge on any atom is -0.360 e. The maximum absolute atomic E-state index is 13.0. The third-order valence-electron chi connectivity index (χ3n) is 4.80. The number of nitrogens with zero attached hydrogens (tertiary/aromatic N) is 2. The summed E-state index contributed by atoms with van der Waals surface area (Å²) >= 11 is 12.7. The highest BCUT2D eigenvalue weighted by molar-refractivity contribution is 6.34. The van der Waals surface area contributed by atoms with E-state index in [-0.39, 0.29) is 18.4 Å². The number of rotatable bonds is 4. The van der Waals surface area contributed by atoms with Crippen LogP contribution >= 0.6 is 23.2 Å². The Kier molecular flexibility index (Phi) is 5.65. The number of aryl methyl sites for hydroxylation is 1. The summed E-state index contributed by atoms with van der Waals surface area (Å²) in [4.78, 5) is 26.5. The van der Waals surface area contributed by atoms with Gasteiger partial charge < -0.3 is 20.1 Å². The summed E-state index contributed by atoms with van der Waals surface area (Å²) in [6, 6.07) is 12.3. The van der Waals surface area contributed by atoms with Crippen LogP contribution < -0.4 is 15.5 Å². The minimum atomic E-state index is -0.384. The molecule has 1 aliphatic rings. The first-order chi connectivity index (χ1) is 14.4. The zero-order valence-corrected chi connectivity index (χ0v) is 17.5. The summed E-state index contributed by atoms with van der Waals surface area (Å²) in [6.07, 6.45) is 0. The van der Waals surface area contributed by atoms with Crippen molar-refractivity contribution >= 4 is 46.4 Å². The topological polar surface area (TPSA) is 87.5 Å². The van der Waals surface area contributed by atoms with Gasteiger partial charge in [0, 0.05) is 24.3 Å². The van der Waals surface area contributed by atoms with Crippen LogP contribution in [-0.2, 0) is 4.79 Å². The van der Waals surface area contributed by atoms with E-state index in [4.69, 9.17) is 27.7 Å². The van der Waals surface area contributed by atoms with E-state index in [1.807, 2.05) is 11.0 Å². The molecule has 2 N–H and O–H groups in total. The fourth-order valence-corrected chi connectivity index (χ4v) is 3.88. The Morgan fingerprint density at radius 3 is 2.73 bits per heavy atom. The van der Waals surface area contributed by atoms with Crippen LogP contribution in [0.4, 0.5) is 11.4 Å². The number of hydrogen-bond donors (Lipinski definition) is 2. The third-order valence-corrected chi connectivity index (χ3v) is 5.44. The lowest BCUT2D eigenvalue weighted by atomic mass is 10.1. The molecule has 1 fully saturated rings. The number of nitrogens with one attached hydrogen (secondary N) is 2. The second-order valence-corrected chi connectivity index (χ2v) is 7.65. The molecular formula is C21H18Cl2N4O3. The van der Waals surface area contributed by atoms with E-state index in [1.54, 1.807) is 43.3 Å². The van der Waals surface area contributed by atoms with Gasteiger partial charge in [-0.25, -0.2) is 0 Å². The normalized spacial score (nSPS) is 13.8. The Balaban J connectivity index is 1.58. The van der Waals surface area contributed by atoms with Gasteiger partial charge in [-0.1, -0.05) is 46.6 Å². The van der Waals surface area contributed by atoms with Gasteiger partial charge >= 0.3 is 0 Å². The van der Waals surface area contributed by atoms with Crippen LogP contribution in [0.15, 0.2) is 47.0 Å². The number of anilines is 2. The van der Waals surface area contributed by atoms with E-state index in [1.165, 1.54) is 0 Å². The maximum Gasteiger partial charge on any atom is 0.261 e. The minimum absolute atomic E-state index is 0.0512. The van der Waals surface area contributed by atoms with Crippen molar-refractivity contribution in [3.63, 3.8) is 0 Å². The molecule has 2 heterocycles. The Labute approximate surface area is 182 Å². The fourth-order valence-electron chi connectivity index (χ4n) is 3.36. The van der Waals surface area contributed by atoms with Crippen molar-refractivity contribution in [2.24, 2.45) is 0 Å². The van der Waals surface area contributed by atoms with Crippen molar-refractivity contribution in [1.29, 1.82) is 0 Å². The predicted octanol–water partition coefficient (Wildman–Crippen LogP) is 4.15. The SMILES string of the molecule is Cc1onc(-c2ccccc2Cl)c1C(=O)Nc1ccc(N2CCNC(=O)C2)c(Cl)c1. The van der Waals surface area contributed by atoms with Crippen LogP contribution in [0.2, 0.25) is 10.0 Å². The van der Waals surface area contributed by atoms with Crippen LogP contribution in [0.1, 0.15) is 16.1 Å². The monoisotopic (exact) mass is 444 g/mol. The van der Waals surface area contributed by atoms with Crippen LogP contribution in [0.3, 0.4) is 0 Å². The van der Waals surface area contributed by atoms with Gasteiger partial charge in [-0.05, 0) is 31.2 Å². The van der Waals surface area contributed by atoms with Gasteiger partial charge in [0.15, 0.2) is 0 Å². The lowest BCUT2D eigenvalue weighted by Gasteiger charge is -2.29. The average molecular weight is 445 g/mol. The largest absolute Gasteiger partial charge is 0.360 e. The van der Waals surface area contributed by atoms with E-state index in [2.05, 4.69) is 15.8 Å². The molecule has 0 spiro atoms.